The van der Waals surface area contributed by atoms with Crippen molar-refractivity contribution in [2.24, 2.45) is 0 Å². The van der Waals surface area contributed by atoms with Gasteiger partial charge in [0.1, 0.15) is 0 Å². The number of nitrogens with zero attached hydrogens (tertiary/aromatic N) is 2. The molecule has 3 rings (SSSR count). The Morgan fingerprint density at radius 3 is 1.33 bits per heavy atom. The van der Waals surface area contributed by atoms with E-state index in [1.807, 2.05) is 0 Å². The van der Waals surface area contributed by atoms with Crippen LogP contribution >= 0.6 is 0 Å². The number of benzene rings is 2. The van der Waals surface area contributed by atoms with Crippen molar-refractivity contribution in [3.05, 3.63) is 85.5 Å². The molecule has 0 saturated heterocycles. The summed E-state index contributed by atoms with van der Waals surface area (Å²) in [5.74, 6) is 0. The second-order valence-corrected chi connectivity index (χ2v) is 12.8. The van der Waals surface area contributed by atoms with E-state index in [-0.39, 0.29) is 0 Å². The summed E-state index contributed by atoms with van der Waals surface area (Å²) in [7, 11) is 0. The van der Waals surface area contributed by atoms with Crippen LogP contribution in [0.5, 0.6) is 0 Å². The SMILES string of the molecule is CCCCCCC1=C(c2cc(C)c(C)c(C)c2)[N+](=[N-])C(c2cc(CCC)c(CCC)c(CCC)c2)=C1CCCCCC. The molecule has 0 unspecified atom stereocenters. The van der Waals surface area contributed by atoms with Crippen molar-refractivity contribution in [2.45, 2.75) is 158 Å². The van der Waals surface area contributed by atoms with Crippen molar-refractivity contribution in [3.8, 4) is 0 Å². The molecule has 0 radical (unpaired) electrons. The van der Waals surface area contributed by atoms with Crippen LogP contribution in [0.3, 0.4) is 0 Å². The zero-order valence-electron chi connectivity index (χ0n) is 28.5. The molecule has 0 aliphatic carbocycles. The average molecular weight is 569 g/mol. The van der Waals surface area contributed by atoms with Gasteiger partial charge in [-0.25, -0.2) is 4.70 Å². The maximum atomic E-state index is 12.3. The van der Waals surface area contributed by atoms with E-state index in [1.54, 1.807) is 10.3 Å². The lowest BCUT2D eigenvalue weighted by molar-refractivity contribution is -0.345. The highest BCUT2D eigenvalue weighted by molar-refractivity contribution is 5.83. The molecule has 1 heterocycles. The molecular weight excluding hydrogens is 508 g/mol. The standard InChI is InChI=1S/C40H60N2/c1-9-14-16-18-23-37-38(24-19-17-15-10-2)40(42(41)39(37)34-25-29(6)31(8)30(7)26-34)35-27-32(20-11-3)36(22-13-5)33(28-35)21-12-4/h25-28H,9-24H2,1-8H3. The number of aryl methyl sites for hydroxylation is 4. The second-order valence-electron chi connectivity index (χ2n) is 12.8. The van der Waals surface area contributed by atoms with Crippen LogP contribution in [0, 0.1) is 20.8 Å². The van der Waals surface area contributed by atoms with E-state index < -0.39 is 0 Å². The van der Waals surface area contributed by atoms with Crippen LogP contribution in [0.15, 0.2) is 35.4 Å². The zero-order valence-corrected chi connectivity index (χ0v) is 28.5. The third-order valence-electron chi connectivity index (χ3n) is 9.37. The highest BCUT2D eigenvalue weighted by Gasteiger charge is 2.36. The largest absolute Gasteiger partial charge is 0.493 e. The normalized spacial score (nSPS) is 13.7. The van der Waals surface area contributed by atoms with Crippen LogP contribution < -0.4 is 0 Å². The Hall–Kier alpha value is -2.48. The molecule has 1 aliphatic rings. The van der Waals surface area contributed by atoms with Crippen molar-refractivity contribution in [2.75, 3.05) is 0 Å². The number of hydrogen-bond donors (Lipinski definition) is 0. The molecular formula is C40H60N2. The molecule has 0 bridgehead atoms. The van der Waals surface area contributed by atoms with E-state index in [0.29, 0.717) is 0 Å². The molecule has 0 saturated carbocycles. The molecule has 0 N–H and O–H groups in total. The fourth-order valence-electron chi connectivity index (χ4n) is 6.90. The van der Waals surface area contributed by atoms with Gasteiger partial charge in [0.2, 0.25) is 11.4 Å². The first-order valence-corrected chi connectivity index (χ1v) is 17.5. The Labute approximate surface area is 259 Å². The molecule has 2 heteroatoms. The lowest BCUT2D eigenvalue weighted by atomic mass is 9.87. The maximum absolute atomic E-state index is 12.3. The second kappa shape index (κ2) is 17.0. The van der Waals surface area contributed by atoms with Crippen LogP contribution in [0.2, 0.25) is 0 Å². The summed E-state index contributed by atoms with van der Waals surface area (Å²) in [6.07, 6.45) is 18.7. The van der Waals surface area contributed by atoms with Gasteiger partial charge in [0.15, 0.2) is 0 Å². The Morgan fingerprint density at radius 1 is 0.500 bits per heavy atom. The van der Waals surface area contributed by atoms with Gasteiger partial charge in [-0.05, 0) is 123 Å². The van der Waals surface area contributed by atoms with Gasteiger partial charge >= 0.3 is 0 Å². The number of hydrogen-bond acceptors (Lipinski definition) is 0. The van der Waals surface area contributed by atoms with Gasteiger partial charge in [0.25, 0.3) is 0 Å². The predicted molar refractivity (Wildman–Crippen MR) is 184 cm³/mol. The quantitative estimate of drug-likeness (QED) is 0.126. The van der Waals surface area contributed by atoms with E-state index in [0.717, 1.165) is 61.9 Å². The Morgan fingerprint density at radius 2 is 0.929 bits per heavy atom. The third kappa shape index (κ3) is 8.12. The Bertz CT molecular complexity index is 1220. The zero-order chi connectivity index (χ0) is 30.6. The van der Waals surface area contributed by atoms with Crippen LogP contribution in [-0.2, 0) is 19.3 Å². The van der Waals surface area contributed by atoms with Gasteiger partial charge in [0, 0.05) is 22.3 Å². The number of unbranched alkanes of at least 4 members (excludes halogenated alkanes) is 6. The first-order valence-electron chi connectivity index (χ1n) is 17.5. The van der Waals surface area contributed by atoms with Gasteiger partial charge in [0.05, 0.1) is 0 Å². The predicted octanol–water partition coefficient (Wildman–Crippen LogP) is 12.6. The van der Waals surface area contributed by atoms with Crippen molar-refractivity contribution < 1.29 is 4.70 Å². The van der Waals surface area contributed by atoms with Crippen molar-refractivity contribution in [3.63, 3.8) is 0 Å². The van der Waals surface area contributed by atoms with Gasteiger partial charge < -0.3 is 5.53 Å². The monoisotopic (exact) mass is 568 g/mol. The van der Waals surface area contributed by atoms with E-state index in [9.17, 15) is 5.53 Å². The highest BCUT2D eigenvalue weighted by atomic mass is 15.2. The van der Waals surface area contributed by atoms with E-state index in [2.05, 4.69) is 79.7 Å². The van der Waals surface area contributed by atoms with Crippen LogP contribution in [-0.4, -0.2) is 4.70 Å². The molecule has 42 heavy (non-hydrogen) atoms. The first-order chi connectivity index (χ1) is 20.3. The number of allylic oxidation sites excluding steroid dienone is 2. The molecule has 230 valence electrons. The minimum absolute atomic E-state index is 1.03. The van der Waals surface area contributed by atoms with Crippen molar-refractivity contribution in [1.82, 2.24) is 0 Å². The molecule has 2 aromatic carbocycles. The third-order valence-corrected chi connectivity index (χ3v) is 9.37. The first kappa shape index (κ1) is 34.0. The molecule has 0 spiro atoms. The van der Waals surface area contributed by atoms with Crippen LogP contribution in [0.25, 0.3) is 16.9 Å². The molecule has 0 fully saturated rings. The topological polar surface area (TPSA) is 25.3 Å². The van der Waals surface area contributed by atoms with E-state index in [4.69, 9.17) is 0 Å². The summed E-state index contributed by atoms with van der Waals surface area (Å²) in [5, 5.41) is 0. The van der Waals surface area contributed by atoms with E-state index in [1.165, 1.54) is 102 Å². The van der Waals surface area contributed by atoms with Crippen LogP contribution in [0.1, 0.15) is 163 Å². The smallest absolute Gasteiger partial charge is 0.211 e. The minimum Gasteiger partial charge on any atom is -0.493 e. The lowest BCUT2D eigenvalue weighted by Crippen LogP contribution is -2.07. The number of rotatable bonds is 18. The maximum Gasteiger partial charge on any atom is 0.211 e. The van der Waals surface area contributed by atoms with Gasteiger partial charge in [-0.15, -0.1) is 0 Å². The molecule has 0 amide bonds. The molecule has 2 aromatic rings. The summed E-state index contributed by atoms with van der Waals surface area (Å²) in [6, 6.07) is 9.50. The van der Waals surface area contributed by atoms with Gasteiger partial charge in [-0.2, -0.15) is 0 Å². The van der Waals surface area contributed by atoms with Crippen molar-refractivity contribution >= 4 is 11.4 Å². The fraction of sp³-hybridized carbons (Fsp3) is 0.600. The highest BCUT2D eigenvalue weighted by Crippen LogP contribution is 2.45. The summed E-state index contributed by atoms with van der Waals surface area (Å²) in [4.78, 5) is 0. The van der Waals surface area contributed by atoms with Crippen molar-refractivity contribution in [1.29, 1.82) is 0 Å². The molecule has 0 atom stereocenters. The fourth-order valence-corrected chi connectivity index (χ4v) is 6.90. The molecule has 2 nitrogen and oxygen atoms in total. The van der Waals surface area contributed by atoms with Crippen LogP contribution in [0.4, 0.5) is 0 Å². The molecule has 1 aliphatic heterocycles. The Balaban J connectivity index is 2.27. The lowest BCUT2D eigenvalue weighted by Gasteiger charge is -2.18. The van der Waals surface area contributed by atoms with E-state index >= 15 is 0 Å². The van der Waals surface area contributed by atoms with Gasteiger partial charge in [-0.1, -0.05) is 92.4 Å². The average Bonchev–Trinajstić information content (AvgIpc) is 3.24. The summed E-state index contributed by atoms with van der Waals surface area (Å²) in [5.41, 5.74) is 28.0. The summed E-state index contributed by atoms with van der Waals surface area (Å²) >= 11 is 0. The van der Waals surface area contributed by atoms with Gasteiger partial charge in [-0.3, -0.25) is 0 Å². The molecule has 0 aromatic heterocycles. The summed E-state index contributed by atoms with van der Waals surface area (Å²) < 4.78 is 1.62. The minimum atomic E-state index is 1.03. The summed E-state index contributed by atoms with van der Waals surface area (Å²) in [6.45, 7) is 18.1. The Kier molecular flexibility index (Phi) is 13.7.